The maximum atomic E-state index is 13.0. The molecular weight excluding hydrogens is 255 g/mol. The molecule has 0 atom stereocenters. The highest BCUT2D eigenvalue weighted by Crippen LogP contribution is 2.39. The third-order valence-electron chi connectivity index (χ3n) is 1.70. The van der Waals surface area contributed by atoms with Gasteiger partial charge in [0, 0.05) is 0 Å². The molecule has 1 rings (SSSR count). The molecular formula is C7H5F4O4P. The molecule has 0 saturated carbocycles. The first-order valence-electron chi connectivity index (χ1n) is 3.67. The van der Waals surface area contributed by atoms with Crippen molar-refractivity contribution in [1.29, 1.82) is 0 Å². The first-order valence-corrected chi connectivity index (χ1v) is 5.29. The summed E-state index contributed by atoms with van der Waals surface area (Å²) in [7, 11) is -4.72. The molecule has 4 nitrogen and oxygen atoms in total. The van der Waals surface area contributed by atoms with Crippen LogP contribution in [0.1, 0.15) is 0 Å². The molecule has 0 spiro atoms. The Hall–Kier alpha value is -1.11. The number of rotatable bonds is 2. The Morgan fingerprint density at radius 3 is 1.62 bits per heavy atom. The molecule has 9 heteroatoms. The summed E-state index contributed by atoms with van der Waals surface area (Å²) in [6, 6.07) is 0. The van der Waals surface area contributed by atoms with Crippen LogP contribution in [-0.2, 0) is 4.57 Å². The number of hydrogen-bond donors (Lipinski definition) is 2. The van der Waals surface area contributed by atoms with Crippen LogP contribution >= 0.6 is 7.60 Å². The molecule has 0 unspecified atom stereocenters. The van der Waals surface area contributed by atoms with Crippen LogP contribution in [-0.4, -0.2) is 16.9 Å². The lowest BCUT2D eigenvalue weighted by atomic mass is 10.3. The number of halogens is 4. The van der Waals surface area contributed by atoms with Crippen LogP contribution in [0.2, 0.25) is 0 Å². The third kappa shape index (κ3) is 1.91. The van der Waals surface area contributed by atoms with Gasteiger partial charge in [0.05, 0.1) is 7.11 Å². The predicted molar refractivity (Wildman–Crippen MR) is 44.5 cm³/mol. The smallest absolute Gasteiger partial charge is 0.362 e. The van der Waals surface area contributed by atoms with Gasteiger partial charge in [-0.1, -0.05) is 0 Å². The van der Waals surface area contributed by atoms with Gasteiger partial charge in [-0.2, -0.15) is 8.78 Å². The Balaban J connectivity index is 3.74. The van der Waals surface area contributed by atoms with E-state index >= 15 is 0 Å². The lowest BCUT2D eigenvalue weighted by Crippen LogP contribution is -2.20. The minimum absolute atomic E-state index is 0.748. The van der Waals surface area contributed by atoms with Gasteiger partial charge in [0.25, 0.3) is 0 Å². The van der Waals surface area contributed by atoms with Gasteiger partial charge in [-0.05, 0) is 0 Å². The van der Waals surface area contributed by atoms with Gasteiger partial charge in [0.15, 0.2) is 17.4 Å². The van der Waals surface area contributed by atoms with Crippen LogP contribution in [0.4, 0.5) is 17.6 Å². The lowest BCUT2D eigenvalue weighted by molar-refractivity contribution is 0.331. The minimum atomic E-state index is -5.46. The van der Waals surface area contributed by atoms with Crippen molar-refractivity contribution in [2.24, 2.45) is 0 Å². The quantitative estimate of drug-likeness (QED) is 0.474. The molecule has 16 heavy (non-hydrogen) atoms. The van der Waals surface area contributed by atoms with Crippen LogP contribution in [0.3, 0.4) is 0 Å². The number of ether oxygens (including phenoxy) is 1. The second-order valence-corrected chi connectivity index (χ2v) is 4.22. The number of hydrogen-bond acceptors (Lipinski definition) is 2. The summed E-state index contributed by atoms with van der Waals surface area (Å²) in [6.45, 7) is 0. The van der Waals surface area contributed by atoms with Crippen LogP contribution in [0.5, 0.6) is 5.75 Å². The Labute approximate surface area is 86.6 Å². The molecule has 2 N–H and O–H groups in total. The van der Waals surface area contributed by atoms with Gasteiger partial charge in [0.2, 0.25) is 11.6 Å². The van der Waals surface area contributed by atoms with Gasteiger partial charge in [0.1, 0.15) is 5.30 Å². The van der Waals surface area contributed by atoms with Crippen molar-refractivity contribution < 1.29 is 36.7 Å². The van der Waals surface area contributed by atoms with Gasteiger partial charge >= 0.3 is 7.60 Å². The van der Waals surface area contributed by atoms with Gasteiger partial charge < -0.3 is 14.5 Å². The normalized spacial score (nSPS) is 11.7. The zero-order valence-electron chi connectivity index (χ0n) is 7.67. The molecule has 0 aliphatic heterocycles. The molecule has 0 aliphatic rings. The van der Waals surface area contributed by atoms with Crippen molar-refractivity contribution >= 4 is 12.9 Å². The molecule has 0 heterocycles. The van der Waals surface area contributed by atoms with Crippen molar-refractivity contribution in [3.63, 3.8) is 0 Å². The highest BCUT2D eigenvalue weighted by Gasteiger charge is 2.35. The Morgan fingerprint density at radius 1 is 1.00 bits per heavy atom. The van der Waals surface area contributed by atoms with E-state index < -0.39 is 41.9 Å². The average Bonchev–Trinajstić information content (AvgIpc) is 2.14. The van der Waals surface area contributed by atoms with E-state index in [0.717, 1.165) is 7.11 Å². The summed E-state index contributed by atoms with van der Waals surface area (Å²) < 4.78 is 66.7. The van der Waals surface area contributed by atoms with Crippen molar-refractivity contribution in [3.8, 4) is 5.75 Å². The molecule has 0 radical (unpaired) electrons. The SMILES string of the molecule is COc1c(F)c(F)c(P(=O)(O)O)c(F)c1F. The molecule has 1 aromatic carbocycles. The van der Waals surface area contributed by atoms with Gasteiger partial charge in [-0.25, -0.2) is 8.78 Å². The van der Waals surface area contributed by atoms with Gasteiger partial charge in [-0.3, -0.25) is 4.57 Å². The second kappa shape index (κ2) is 4.04. The van der Waals surface area contributed by atoms with Crippen molar-refractivity contribution in [3.05, 3.63) is 23.3 Å². The average molecular weight is 260 g/mol. The molecule has 90 valence electrons. The second-order valence-electron chi connectivity index (χ2n) is 2.68. The standard InChI is InChI=1S/C7H5F4O4P/c1-15-6-2(8)4(10)7(16(12,13)14)5(11)3(6)9/h1H3,(H2,12,13,14). The minimum Gasteiger partial charge on any atom is -0.491 e. The van der Waals surface area contributed by atoms with Crippen LogP contribution in [0, 0.1) is 23.3 Å². The molecule has 0 bridgehead atoms. The van der Waals surface area contributed by atoms with Crippen molar-refractivity contribution in [1.82, 2.24) is 0 Å². The first-order chi connectivity index (χ1) is 7.21. The Bertz CT molecular complexity index is 455. The molecule has 0 saturated heterocycles. The van der Waals surface area contributed by atoms with Gasteiger partial charge in [-0.15, -0.1) is 0 Å². The van der Waals surface area contributed by atoms with E-state index in [1.54, 1.807) is 0 Å². The van der Waals surface area contributed by atoms with Crippen molar-refractivity contribution in [2.75, 3.05) is 7.11 Å². The van der Waals surface area contributed by atoms with E-state index in [9.17, 15) is 22.1 Å². The van der Waals surface area contributed by atoms with E-state index in [1.165, 1.54) is 0 Å². The van der Waals surface area contributed by atoms with Crippen LogP contribution in [0.15, 0.2) is 0 Å². The Kier molecular flexibility index (Phi) is 3.27. The highest BCUT2D eigenvalue weighted by molar-refractivity contribution is 7.60. The monoisotopic (exact) mass is 260 g/mol. The zero-order chi connectivity index (χ0) is 12.7. The fourth-order valence-electron chi connectivity index (χ4n) is 1.03. The predicted octanol–water partition coefficient (Wildman–Crippen LogP) is 1.05. The highest BCUT2D eigenvalue weighted by atomic mass is 31.2. The summed E-state index contributed by atoms with van der Waals surface area (Å²) in [5, 5.41) is -1.96. The first kappa shape index (κ1) is 13.0. The van der Waals surface area contributed by atoms with E-state index in [0.29, 0.717) is 0 Å². The van der Waals surface area contributed by atoms with E-state index in [1.807, 2.05) is 0 Å². The van der Waals surface area contributed by atoms with E-state index in [2.05, 4.69) is 4.74 Å². The van der Waals surface area contributed by atoms with Crippen LogP contribution in [0.25, 0.3) is 0 Å². The maximum Gasteiger partial charge on any atom is 0.362 e. The largest absolute Gasteiger partial charge is 0.491 e. The molecule has 0 fully saturated rings. The molecule has 0 aliphatic carbocycles. The molecule has 0 aromatic heterocycles. The summed E-state index contributed by atoms with van der Waals surface area (Å²) in [6.07, 6.45) is 0. The molecule has 1 aromatic rings. The van der Waals surface area contributed by atoms with E-state index in [4.69, 9.17) is 9.79 Å². The fraction of sp³-hybridized carbons (Fsp3) is 0.143. The zero-order valence-corrected chi connectivity index (χ0v) is 8.56. The van der Waals surface area contributed by atoms with Crippen molar-refractivity contribution in [2.45, 2.75) is 0 Å². The fourth-order valence-corrected chi connectivity index (χ4v) is 1.74. The topological polar surface area (TPSA) is 66.8 Å². The third-order valence-corrected chi connectivity index (χ3v) is 2.67. The lowest BCUT2D eigenvalue weighted by Gasteiger charge is -2.11. The Morgan fingerprint density at radius 2 is 1.38 bits per heavy atom. The summed E-state index contributed by atoms with van der Waals surface area (Å²) in [4.78, 5) is 17.0. The summed E-state index contributed by atoms with van der Waals surface area (Å²) >= 11 is 0. The number of methoxy groups -OCH3 is 1. The maximum absolute atomic E-state index is 13.0. The van der Waals surface area contributed by atoms with Crippen LogP contribution < -0.4 is 10.0 Å². The summed E-state index contributed by atoms with van der Waals surface area (Å²) in [5.74, 6) is -9.74. The molecule has 0 amide bonds. The summed E-state index contributed by atoms with van der Waals surface area (Å²) in [5.41, 5.74) is 0. The number of benzene rings is 1. The van der Waals surface area contributed by atoms with E-state index in [-0.39, 0.29) is 0 Å².